The largest absolute Gasteiger partial charge is 0.396 e. The summed E-state index contributed by atoms with van der Waals surface area (Å²) in [5.41, 5.74) is 9.83. The number of nitriles is 1. The summed E-state index contributed by atoms with van der Waals surface area (Å²) in [7, 11) is 0. The minimum absolute atomic E-state index is 0.591. The fourth-order valence-electron chi connectivity index (χ4n) is 2.07. The van der Waals surface area contributed by atoms with Gasteiger partial charge in [-0.05, 0) is 30.3 Å². The van der Waals surface area contributed by atoms with Gasteiger partial charge in [-0.25, -0.2) is 0 Å². The van der Waals surface area contributed by atoms with Gasteiger partial charge in [0.25, 0.3) is 0 Å². The molecule has 4 heteroatoms. The summed E-state index contributed by atoms with van der Waals surface area (Å²) in [5.74, 6) is 0. The van der Waals surface area contributed by atoms with Crippen LogP contribution in [0.3, 0.4) is 0 Å². The van der Waals surface area contributed by atoms with Gasteiger partial charge in [-0.1, -0.05) is 18.2 Å². The molecule has 0 atom stereocenters. The number of fused-ring (bicyclic) bond motifs is 1. The normalized spacial score (nSPS) is 10.2. The van der Waals surface area contributed by atoms with Gasteiger partial charge < -0.3 is 11.1 Å². The van der Waals surface area contributed by atoms with Gasteiger partial charge >= 0.3 is 0 Å². The first-order valence-electron chi connectivity index (χ1n) is 6.18. The molecule has 0 amide bonds. The third kappa shape index (κ3) is 2.13. The molecule has 2 aromatic carbocycles. The van der Waals surface area contributed by atoms with Crippen LogP contribution in [-0.4, -0.2) is 4.98 Å². The number of aromatic nitrogens is 1. The summed E-state index contributed by atoms with van der Waals surface area (Å²) < 4.78 is 0. The van der Waals surface area contributed by atoms with Crippen LogP contribution in [-0.2, 0) is 0 Å². The van der Waals surface area contributed by atoms with Gasteiger partial charge in [0, 0.05) is 11.1 Å². The van der Waals surface area contributed by atoms with E-state index >= 15 is 0 Å². The van der Waals surface area contributed by atoms with Crippen molar-refractivity contribution in [3.8, 4) is 6.07 Å². The minimum atomic E-state index is 0.591. The Morgan fingerprint density at radius 3 is 2.55 bits per heavy atom. The van der Waals surface area contributed by atoms with Crippen molar-refractivity contribution in [3.63, 3.8) is 0 Å². The van der Waals surface area contributed by atoms with Crippen LogP contribution in [0.1, 0.15) is 5.56 Å². The first-order valence-corrected chi connectivity index (χ1v) is 6.18. The van der Waals surface area contributed by atoms with Gasteiger partial charge in [0.2, 0.25) is 0 Å². The molecule has 0 aliphatic heterocycles. The molecule has 0 saturated carbocycles. The van der Waals surface area contributed by atoms with Crippen LogP contribution in [0.25, 0.3) is 10.9 Å². The summed E-state index contributed by atoms with van der Waals surface area (Å²) in [4.78, 5) is 4.30. The van der Waals surface area contributed by atoms with E-state index in [2.05, 4.69) is 16.4 Å². The Morgan fingerprint density at radius 1 is 1.05 bits per heavy atom. The maximum atomic E-state index is 8.81. The van der Waals surface area contributed by atoms with Gasteiger partial charge in [-0.15, -0.1) is 0 Å². The standard InChI is InChI=1S/C16H12N4/c17-9-11-5-7-12(8-6-11)20-16-13-3-1-2-4-15(13)19-10-14(16)18/h1-8,10H,18H2,(H,19,20). The molecule has 20 heavy (non-hydrogen) atoms. The molecular formula is C16H12N4. The fraction of sp³-hybridized carbons (Fsp3) is 0. The van der Waals surface area contributed by atoms with Crippen LogP contribution in [0.2, 0.25) is 0 Å². The molecular weight excluding hydrogens is 248 g/mol. The Bertz CT molecular complexity index is 801. The third-order valence-corrected chi connectivity index (χ3v) is 3.09. The molecule has 3 aromatic rings. The van der Waals surface area contributed by atoms with E-state index in [0.717, 1.165) is 22.3 Å². The number of anilines is 3. The molecule has 96 valence electrons. The van der Waals surface area contributed by atoms with E-state index < -0.39 is 0 Å². The Labute approximate surface area is 116 Å². The van der Waals surface area contributed by atoms with Crippen molar-refractivity contribution >= 4 is 28.0 Å². The van der Waals surface area contributed by atoms with Crippen molar-refractivity contribution in [1.29, 1.82) is 5.26 Å². The fourth-order valence-corrected chi connectivity index (χ4v) is 2.07. The smallest absolute Gasteiger partial charge is 0.0991 e. The topological polar surface area (TPSA) is 74.7 Å². The van der Waals surface area contributed by atoms with Crippen LogP contribution >= 0.6 is 0 Å². The Balaban J connectivity index is 2.05. The van der Waals surface area contributed by atoms with Crippen LogP contribution < -0.4 is 11.1 Å². The summed E-state index contributed by atoms with van der Waals surface area (Å²) in [6, 6.07) is 17.2. The molecule has 0 radical (unpaired) electrons. The molecule has 0 aliphatic rings. The predicted octanol–water partition coefficient (Wildman–Crippen LogP) is 3.43. The summed E-state index contributed by atoms with van der Waals surface area (Å²) in [5, 5.41) is 13.1. The van der Waals surface area contributed by atoms with Gasteiger partial charge in [0.15, 0.2) is 0 Å². The maximum Gasteiger partial charge on any atom is 0.0991 e. The van der Waals surface area contributed by atoms with E-state index in [4.69, 9.17) is 11.0 Å². The highest BCUT2D eigenvalue weighted by Crippen LogP contribution is 2.30. The molecule has 4 nitrogen and oxygen atoms in total. The van der Waals surface area contributed by atoms with E-state index in [0.29, 0.717) is 11.3 Å². The van der Waals surface area contributed by atoms with Crippen molar-refractivity contribution in [1.82, 2.24) is 4.98 Å². The van der Waals surface area contributed by atoms with E-state index in [-0.39, 0.29) is 0 Å². The van der Waals surface area contributed by atoms with Crippen molar-refractivity contribution in [2.24, 2.45) is 0 Å². The monoisotopic (exact) mass is 260 g/mol. The number of rotatable bonds is 2. The highest BCUT2D eigenvalue weighted by atomic mass is 14.9. The molecule has 1 heterocycles. The number of para-hydroxylation sites is 1. The number of nitrogens with two attached hydrogens (primary N) is 1. The zero-order valence-electron chi connectivity index (χ0n) is 10.7. The van der Waals surface area contributed by atoms with E-state index in [1.165, 1.54) is 0 Å². The Hall–Kier alpha value is -3.06. The molecule has 3 rings (SSSR count). The molecule has 0 fully saturated rings. The van der Waals surface area contributed by atoms with Crippen molar-refractivity contribution in [2.75, 3.05) is 11.1 Å². The number of benzene rings is 2. The lowest BCUT2D eigenvalue weighted by Gasteiger charge is -2.12. The van der Waals surface area contributed by atoms with E-state index in [9.17, 15) is 0 Å². The summed E-state index contributed by atoms with van der Waals surface area (Å²) in [6.45, 7) is 0. The van der Waals surface area contributed by atoms with Gasteiger partial charge in [0.1, 0.15) is 0 Å². The predicted molar refractivity (Wildman–Crippen MR) is 80.6 cm³/mol. The van der Waals surface area contributed by atoms with E-state index in [1.807, 2.05) is 36.4 Å². The lowest BCUT2D eigenvalue weighted by atomic mass is 10.1. The quantitative estimate of drug-likeness (QED) is 0.740. The lowest BCUT2D eigenvalue weighted by molar-refractivity contribution is 1.40. The first kappa shape index (κ1) is 12.0. The highest BCUT2D eigenvalue weighted by Gasteiger charge is 2.06. The first-order chi connectivity index (χ1) is 9.78. The lowest BCUT2D eigenvalue weighted by Crippen LogP contribution is -1.98. The second-order valence-corrected chi connectivity index (χ2v) is 4.42. The Morgan fingerprint density at radius 2 is 1.80 bits per heavy atom. The second-order valence-electron chi connectivity index (χ2n) is 4.42. The van der Waals surface area contributed by atoms with Crippen molar-refractivity contribution < 1.29 is 0 Å². The average molecular weight is 260 g/mol. The van der Waals surface area contributed by atoms with E-state index in [1.54, 1.807) is 18.3 Å². The molecule has 1 aromatic heterocycles. The van der Waals surface area contributed by atoms with Crippen molar-refractivity contribution in [3.05, 3.63) is 60.3 Å². The van der Waals surface area contributed by atoms with Crippen LogP contribution in [0, 0.1) is 11.3 Å². The van der Waals surface area contributed by atoms with Crippen LogP contribution in [0.15, 0.2) is 54.7 Å². The summed E-state index contributed by atoms with van der Waals surface area (Å²) >= 11 is 0. The number of pyridine rings is 1. The third-order valence-electron chi connectivity index (χ3n) is 3.09. The van der Waals surface area contributed by atoms with Crippen LogP contribution in [0.4, 0.5) is 17.1 Å². The number of nitrogens with zero attached hydrogens (tertiary/aromatic N) is 2. The molecule has 0 unspecified atom stereocenters. The molecule has 0 saturated heterocycles. The average Bonchev–Trinajstić information content (AvgIpc) is 2.51. The number of hydrogen-bond acceptors (Lipinski definition) is 4. The number of nitrogens with one attached hydrogen (secondary N) is 1. The van der Waals surface area contributed by atoms with Gasteiger partial charge in [-0.2, -0.15) is 5.26 Å². The van der Waals surface area contributed by atoms with Gasteiger partial charge in [0.05, 0.1) is 34.7 Å². The zero-order valence-corrected chi connectivity index (χ0v) is 10.7. The minimum Gasteiger partial charge on any atom is -0.396 e. The Kier molecular flexibility index (Phi) is 2.94. The summed E-state index contributed by atoms with van der Waals surface area (Å²) in [6.07, 6.45) is 1.65. The second kappa shape index (κ2) is 4.90. The molecule has 0 spiro atoms. The maximum absolute atomic E-state index is 8.81. The number of nitrogen functional groups attached to an aromatic ring is 1. The molecule has 0 bridgehead atoms. The molecule has 3 N–H and O–H groups in total. The SMILES string of the molecule is N#Cc1ccc(Nc2c(N)cnc3ccccc23)cc1. The van der Waals surface area contributed by atoms with Gasteiger partial charge in [-0.3, -0.25) is 4.98 Å². The van der Waals surface area contributed by atoms with Crippen molar-refractivity contribution in [2.45, 2.75) is 0 Å². The highest BCUT2D eigenvalue weighted by molar-refractivity contribution is 5.98. The number of hydrogen-bond donors (Lipinski definition) is 2. The molecule has 0 aliphatic carbocycles. The zero-order chi connectivity index (χ0) is 13.9. The van der Waals surface area contributed by atoms with Crippen LogP contribution in [0.5, 0.6) is 0 Å².